The number of aliphatic imine (C=N–C) groups is 1. The molecule has 86 valence electrons. The fraction of sp³-hybridized carbons (Fsp3) is 0.385. The van der Waals surface area contributed by atoms with E-state index in [4.69, 9.17) is 0 Å². The molecule has 3 heteroatoms. The summed E-state index contributed by atoms with van der Waals surface area (Å²) >= 11 is 0. The van der Waals surface area contributed by atoms with Crippen molar-refractivity contribution in [2.45, 2.75) is 26.7 Å². The lowest BCUT2D eigenvalue weighted by Gasteiger charge is -2.01. The van der Waals surface area contributed by atoms with E-state index < -0.39 is 0 Å². The summed E-state index contributed by atoms with van der Waals surface area (Å²) in [5.74, 6) is -0.318. The second-order valence-electron chi connectivity index (χ2n) is 3.42. The molecule has 1 aromatic rings. The van der Waals surface area contributed by atoms with E-state index in [0.717, 1.165) is 24.2 Å². The topological polar surface area (TPSA) is 38.7 Å². The zero-order valence-electron chi connectivity index (χ0n) is 9.99. The van der Waals surface area contributed by atoms with Gasteiger partial charge in [-0.3, -0.25) is 4.99 Å². The minimum atomic E-state index is -0.318. The molecule has 0 saturated heterocycles. The number of nitrogens with zero attached hydrogens (tertiary/aromatic N) is 1. The van der Waals surface area contributed by atoms with Crippen molar-refractivity contribution in [1.82, 2.24) is 0 Å². The number of methoxy groups -OCH3 is 1. The molecular weight excluding hydrogens is 202 g/mol. The minimum Gasteiger partial charge on any atom is -0.465 e. The summed E-state index contributed by atoms with van der Waals surface area (Å²) in [4.78, 5) is 15.7. The van der Waals surface area contributed by atoms with Crippen molar-refractivity contribution in [2.24, 2.45) is 4.99 Å². The molecule has 0 aromatic heterocycles. The monoisotopic (exact) mass is 219 g/mol. The normalized spacial score (nSPS) is 9.69. The van der Waals surface area contributed by atoms with Crippen LogP contribution in [-0.4, -0.2) is 18.8 Å². The summed E-state index contributed by atoms with van der Waals surface area (Å²) in [5, 5.41) is 0. The molecule has 0 fully saturated rings. The van der Waals surface area contributed by atoms with Gasteiger partial charge in [0, 0.05) is 5.71 Å². The Labute approximate surface area is 96.2 Å². The van der Waals surface area contributed by atoms with Gasteiger partial charge in [-0.05, 0) is 37.1 Å². The van der Waals surface area contributed by atoms with Crippen molar-refractivity contribution >= 4 is 17.4 Å². The van der Waals surface area contributed by atoms with Gasteiger partial charge in [-0.1, -0.05) is 13.8 Å². The first-order chi connectivity index (χ1) is 7.71. The number of carbonyl (C=O) groups is 1. The number of esters is 1. The highest BCUT2D eigenvalue weighted by Crippen LogP contribution is 2.15. The molecule has 0 aliphatic carbocycles. The van der Waals surface area contributed by atoms with Crippen LogP contribution in [-0.2, 0) is 4.74 Å². The van der Waals surface area contributed by atoms with Crippen LogP contribution < -0.4 is 0 Å². The van der Waals surface area contributed by atoms with E-state index in [2.05, 4.69) is 23.6 Å². The lowest BCUT2D eigenvalue weighted by atomic mass is 10.2. The van der Waals surface area contributed by atoms with Gasteiger partial charge in [0.05, 0.1) is 18.4 Å². The summed E-state index contributed by atoms with van der Waals surface area (Å²) in [6.07, 6.45) is 1.91. The second-order valence-corrected chi connectivity index (χ2v) is 3.42. The Bertz CT molecular complexity index is 373. The van der Waals surface area contributed by atoms with Crippen molar-refractivity contribution in [2.75, 3.05) is 7.11 Å². The third kappa shape index (κ3) is 3.19. The van der Waals surface area contributed by atoms with E-state index in [0.29, 0.717) is 5.56 Å². The molecule has 0 amide bonds. The standard InChI is InChI=1S/C13H17NO2/c1-4-11(5-2)14-12-8-6-10(7-9-12)13(15)16-3/h6-9H,4-5H2,1-3H3. The van der Waals surface area contributed by atoms with Gasteiger partial charge in [0.2, 0.25) is 0 Å². The molecule has 0 aliphatic rings. The fourth-order valence-corrected chi connectivity index (χ4v) is 1.38. The quantitative estimate of drug-likeness (QED) is 0.575. The Morgan fingerprint density at radius 2 is 1.75 bits per heavy atom. The Morgan fingerprint density at radius 1 is 1.19 bits per heavy atom. The molecule has 0 heterocycles. The molecule has 0 spiro atoms. The third-order valence-electron chi connectivity index (χ3n) is 2.39. The van der Waals surface area contributed by atoms with Crippen molar-refractivity contribution in [3.63, 3.8) is 0 Å². The van der Waals surface area contributed by atoms with Crippen LogP contribution in [0.4, 0.5) is 5.69 Å². The predicted molar refractivity (Wildman–Crippen MR) is 65.5 cm³/mol. The van der Waals surface area contributed by atoms with Crippen LogP contribution in [0.5, 0.6) is 0 Å². The first-order valence-corrected chi connectivity index (χ1v) is 5.46. The van der Waals surface area contributed by atoms with Gasteiger partial charge >= 0.3 is 5.97 Å². The van der Waals surface area contributed by atoms with E-state index in [1.165, 1.54) is 7.11 Å². The third-order valence-corrected chi connectivity index (χ3v) is 2.39. The molecule has 1 aromatic carbocycles. The molecule has 16 heavy (non-hydrogen) atoms. The van der Waals surface area contributed by atoms with Crippen molar-refractivity contribution in [1.29, 1.82) is 0 Å². The summed E-state index contributed by atoms with van der Waals surface area (Å²) in [5.41, 5.74) is 2.59. The Morgan fingerprint density at radius 3 is 2.19 bits per heavy atom. The van der Waals surface area contributed by atoms with Gasteiger partial charge < -0.3 is 4.74 Å². The maximum atomic E-state index is 11.2. The molecule has 0 radical (unpaired) electrons. The minimum absolute atomic E-state index is 0.318. The lowest BCUT2D eigenvalue weighted by Crippen LogP contribution is -2.00. The molecule has 0 bridgehead atoms. The van der Waals surface area contributed by atoms with Crippen LogP contribution in [0.1, 0.15) is 37.0 Å². The molecular formula is C13H17NO2. The van der Waals surface area contributed by atoms with Crippen LogP contribution in [0.15, 0.2) is 29.3 Å². The van der Waals surface area contributed by atoms with E-state index in [-0.39, 0.29) is 5.97 Å². The molecule has 0 N–H and O–H groups in total. The number of carbonyl (C=O) groups excluding carboxylic acids is 1. The van der Waals surface area contributed by atoms with Crippen LogP contribution in [0.2, 0.25) is 0 Å². The van der Waals surface area contributed by atoms with Gasteiger partial charge in [0.15, 0.2) is 0 Å². The number of ether oxygens (including phenoxy) is 1. The first kappa shape index (κ1) is 12.4. The van der Waals surface area contributed by atoms with Crippen LogP contribution in [0.3, 0.4) is 0 Å². The van der Waals surface area contributed by atoms with Gasteiger partial charge in [0.25, 0.3) is 0 Å². The molecule has 0 unspecified atom stereocenters. The average Bonchev–Trinajstić information content (AvgIpc) is 2.35. The maximum Gasteiger partial charge on any atom is 0.337 e. The SMILES string of the molecule is CCC(CC)=Nc1ccc(C(=O)OC)cc1. The van der Waals surface area contributed by atoms with Gasteiger partial charge in [0.1, 0.15) is 0 Å². The fourth-order valence-electron chi connectivity index (χ4n) is 1.38. The Hall–Kier alpha value is -1.64. The molecule has 1 rings (SSSR count). The molecule has 0 atom stereocenters. The van der Waals surface area contributed by atoms with Gasteiger partial charge in [-0.2, -0.15) is 0 Å². The summed E-state index contributed by atoms with van der Waals surface area (Å²) in [6, 6.07) is 7.12. The highest BCUT2D eigenvalue weighted by Gasteiger charge is 2.03. The summed E-state index contributed by atoms with van der Waals surface area (Å²) in [6.45, 7) is 4.18. The molecule has 0 saturated carbocycles. The van der Waals surface area contributed by atoms with E-state index in [9.17, 15) is 4.79 Å². The second kappa shape index (κ2) is 6.05. The highest BCUT2D eigenvalue weighted by atomic mass is 16.5. The number of rotatable bonds is 4. The van der Waals surface area contributed by atoms with E-state index in [1.54, 1.807) is 12.1 Å². The zero-order chi connectivity index (χ0) is 12.0. The lowest BCUT2D eigenvalue weighted by molar-refractivity contribution is 0.0601. The Balaban J connectivity index is 2.86. The van der Waals surface area contributed by atoms with Crippen LogP contribution in [0, 0.1) is 0 Å². The molecule has 3 nitrogen and oxygen atoms in total. The van der Waals surface area contributed by atoms with Crippen molar-refractivity contribution < 1.29 is 9.53 Å². The number of hydrogen-bond acceptors (Lipinski definition) is 3. The maximum absolute atomic E-state index is 11.2. The van der Waals surface area contributed by atoms with E-state index >= 15 is 0 Å². The highest BCUT2D eigenvalue weighted by molar-refractivity contribution is 5.90. The van der Waals surface area contributed by atoms with Gasteiger partial charge in [-0.15, -0.1) is 0 Å². The summed E-state index contributed by atoms with van der Waals surface area (Å²) in [7, 11) is 1.38. The number of hydrogen-bond donors (Lipinski definition) is 0. The first-order valence-electron chi connectivity index (χ1n) is 5.46. The smallest absolute Gasteiger partial charge is 0.337 e. The van der Waals surface area contributed by atoms with Crippen LogP contribution >= 0.6 is 0 Å². The van der Waals surface area contributed by atoms with Gasteiger partial charge in [-0.25, -0.2) is 4.79 Å². The predicted octanol–water partition coefficient (Wildman–Crippen LogP) is 3.37. The number of benzene rings is 1. The average molecular weight is 219 g/mol. The molecule has 0 aliphatic heterocycles. The van der Waals surface area contributed by atoms with Crippen molar-refractivity contribution in [3.05, 3.63) is 29.8 Å². The van der Waals surface area contributed by atoms with E-state index in [1.807, 2.05) is 12.1 Å². The zero-order valence-corrected chi connectivity index (χ0v) is 9.99. The Kier molecular flexibility index (Phi) is 4.70. The summed E-state index contributed by atoms with van der Waals surface area (Å²) < 4.78 is 4.62. The largest absolute Gasteiger partial charge is 0.465 e. The van der Waals surface area contributed by atoms with Crippen molar-refractivity contribution in [3.8, 4) is 0 Å². The van der Waals surface area contributed by atoms with Crippen LogP contribution in [0.25, 0.3) is 0 Å².